The first-order valence-corrected chi connectivity index (χ1v) is 12.9. The van der Waals surface area contributed by atoms with Gasteiger partial charge in [-0.3, -0.25) is 0 Å². The lowest BCUT2D eigenvalue weighted by molar-refractivity contribution is 0.589. The van der Waals surface area contributed by atoms with E-state index in [1.807, 2.05) is 66.7 Å². The van der Waals surface area contributed by atoms with Gasteiger partial charge in [0.05, 0.1) is 40.1 Å². The van der Waals surface area contributed by atoms with Crippen LogP contribution in [0.5, 0.6) is 0 Å². The third-order valence-corrected chi connectivity index (χ3v) is 7.43. The van der Waals surface area contributed by atoms with Crippen molar-refractivity contribution in [3.8, 4) is 39.6 Å². The number of aromatic nitrogens is 3. The number of fused-ring (bicyclic) bond motifs is 5. The van der Waals surface area contributed by atoms with Gasteiger partial charge in [-0.2, -0.15) is 14.0 Å². The zero-order valence-electron chi connectivity index (χ0n) is 20.2. The Balaban J connectivity index is 1.47. The third kappa shape index (κ3) is 3.73. The summed E-state index contributed by atoms with van der Waals surface area (Å²) >= 11 is 1.15. The van der Waals surface area contributed by atoms with Crippen molar-refractivity contribution >= 4 is 44.4 Å². The molecule has 184 valence electrons. The zero-order chi connectivity index (χ0) is 26.5. The highest BCUT2D eigenvalue weighted by Crippen LogP contribution is 2.41. The Morgan fingerprint density at radius 3 is 2.08 bits per heavy atom. The summed E-state index contributed by atoms with van der Waals surface area (Å²) in [5.74, 6) is -1.55. The molecule has 0 bridgehead atoms. The Bertz CT molecular complexity index is 2070. The lowest BCUT2D eigenvalue weighted by Gasteiger charge is -2.13. The molecule has 2 heterocycles. The van der Waals surface area contributed by atoms with Gasteiger partial charge in [0.25, 0.3) is 0 Å². The molecule has 7 rings (SSSR count). The maximum Gasteiger partial charge on any atom is 0.135 e. The Kier molecular flexibility index (Phi) is 5.36. The molecule has 39 heavy (non-hydrogen) atoms. The van der Waals surface area contributed by atoms with Gasteiger partial charge >= 0.3 is 0 Å². The van der Waals surface area contributed by atoms with Crippen LogP contribution in [-0.2, 0) is 0 Å². The van der Waals surface area contributed by atoms with E-state index in [-0.39, 0.29) is 11.1 Å². The first-order valence-electron chi connectivity index (χ1n) is 12.2. The summed E-state index contributed by atoms with van der Waals surface area (Å²) in [5, 5.41) is 11.9. The molecule has 4 nitrogen and oxygen atoms in total. The van der Waals surface area contributed by atoms with Crippen LogP contribution in [0.4, 0.5) is 8.78 Å². The van der Waals surface area contributed by atoms with Gasteiger partial charge in [0, 0.05) is 27.3 Å². The van der Waals surface area contributed by atoms with E-state index in [1.54, 1.807) is 18.2 Å². The van der Waals surface area contributed by atoms with E-state index >= 15 is 0 Å². The van der Waals surface area contributed by atoms with E-state index < -0.39 is 11.6 Å². The Hall–Kier alpha value is -5.06. The van der Waals surface area contributed by atoms with Crippen LogP contribution in [0, 0.1) is 23.0 Å². The quantitative estimate of drug-likeness (QED) is 0.216. The largest absolute Gasteiger partial charge is 0.247 e. The van der Waals surface area contributed by atoms with Crippen LogP contribution in [0.3, 0.4) is 0 Å². The zero-order valence-corrected chi connectivity index (χ0v) is 21.0. The maximum atomic E-state index is 14.7. The average Bonchev–Trinajstić information content (AvgIpc) is 3.47. The van der Waals surface area contributed by atoms with Crippen LogP contribution in [0.25, 0.3) is 66.2 Å². The molecule has 5 aromatic carbocycles. The van der Waals surface area contributed by atoms with E-state index in [0.717, 1.165) is 79.0 Å². The molecule has 0 N–H and O–H groups in total. The predicted molar refractivity (Wildman–Crippen MR) is 151 cm³/mol. The Morgan fingerprint density at radius 2 is 1.33 bits per heavy atom. The third-order valence-electron chi connectivity index (χ3n) is 6.90. The highest BCUT2D eigenvalue weighted by Gasteiger charge is 2.19. The minimum Gasteiger partial charge on any atom is -0.247 e. The normalized spacial score (nSPS) is 11.3. The molecule has 7 aromatic rings. The fourth-order valence-corrected chi connectivity index (χ4v) is 5.70. The van der Waals surface area contributed by atoms with Gasteiger partial charge in [0.2, 0.25) is 0 Å². The smallest absolute Gasteiger partial charge is 0.135 e. The molecule has 0 spiro atoms. The van der Waals surface area contributed by atoms with Crippen LogP contribution >= 0.6 is 11.7 Å². The molecular formula is C32H16F2N4S. The number of nitriles is 1. The highest BCUT2D eigenvalue weighted by molar-refractivity contribution is 7.00. The van der Waals surface area contributed by atoms with E-state index in [0.29, 0.717) is 5.56 Å². The van der Waals surface area contributed by atoms with E-state index in [2.05, 4.69) is 10.4 Å². The summed E-state index contributed by atoms with van der Waals surface area (Å²) in [6, 6.07) is 31.0. The molecule has 0 saturated carbocycles. The number of para-hydroxylation sites is 1. The summed E-state index contributed by atoms with van der Waals surface area (Å²) in [5.41, 5.74) is 6.10. The summed E-state index contributed by atoms with van der Waals surface area (Å²) in [6.07, 6.45) is 0. The van der Waals surface area contributed by atoms with Crippen LogP contribution in [0.15, 0.2) is 97.1 Å². The predicted octanol–water partition coefficient (Wildman–Crippen LogP) is 8.54. The number of nitrogens with zero attached hydrogens (tertiary/aromatic N) is 4. The second-order valence-electron chi connectivity index (χ2n) is 9.16. The first-order chi connectivity index (χ1) is 19.1. The summed E-state index contributed by atoms with van der Waals surface area (Å²) in [7, 11) is 0. The van der Waals surface area contributed by atoms with Crippen molar-refractivity contribution < 1.29 is 8.78 Å². The van der Waals surface area contributed by atoms with Gasteiger partial charge < -0.3 is 0 Å². The summed E-state index contributed by atoms with van der Waals surface area (Å²) in [6.45, 7) is 0. The van der Waals surface area contributed by atoms with Crippen LogP contribution in [-0.4, -0.2) is 13.7 Å². The number of halogens is 2. The van der Waals surface area contributed by atoms with Crippen molar-refractivity contribution in [2.45, 2.75) is 0 Å². The number of rotatable bonds is 3. The first kappa shape index (κ1) is 23.1. The molecule has 0 saturated heterocycles. The second kappa shape index (κ2) is 9.05. The van der Waals surface area contributed by atoms with Gasteiger partial charge in [-0.05, 0) is 35.4 Å². The molecule has 2 aromatic heterocycles. The van der Waals surface area contributed by atoms with Crippen LogP contribution < -0.4 is 0 Å². The average molecular weight is 527 g/mol. The lowest BCUT2D eigenvalue weighted by atomic mass is 9.93. The SMILES string of the molecule is N#Cc1cc(F)c(-c2ccc(-c3cc4c(-c5ccccc5)nc5ccccc5c4c4nsnc34)cc2)c(F)c1. The molecule has 0 radical (unpaired) electrons. The van der Waals surface area contributed by atoms with Crippen molar-refractivity contribution in [2.75, 3.05) is 0 Å². The van der Waals surface area contributed by atoms with Gasteiger partial charge in [0.15, 0.2) is 0 Å². The molecule has 0 aliphatic carbocycles. The van der Waals surface area contributed by atoms with Crippen LogP contribution in [0.1, 0.15) is 5.56 Å². The molecule has 0 atom stereocenters. The number of hydrogen-bond acceptors (Lipinski definition) is 5. The molecule has 0 aliphatic rings. The Labute approximate surface area is 225 Å². The summed E-state index contributed by atoms with van der Waals surface area (Å²) < 4.78 is 38.7. The van der Waals surface area contributed by atoms with Gasteiger partial charge in [-0.1, -0.05) is 72.8 Å². The molecule has 0 amide bonds. The molecule has 7 heteroatoms. The van der Waals surface area contributed by atoms with E-state index in [9.17, 15) is 8.78 Å². The molecular weight excluding hydrogens is 510 g/mol. The van der Waals surface area contributed by atoms with Crippen molar-refractivity contribution in [2.24, 2.45) is 0 Å². The fourth-order valence-electron chi connectivity index (χ4n) is 5.13. The van der Waals surface area contributed by atoms with Crippen molar-refractivity contribution in [1.82, 2.24) is 13.7 Å². The lowest BCUT2D eigenvalue weighted by Crippen LogP contribution is -1.94. The van der Waals surface area contributed by atoms with Crippen molar-refractivity contribution in [3.63, 3.8) is 0 Å². The minimum absolute atomic E-state index is 0.0599. The molecule has 0 fully saturated rings. The molecule has 0 unspecified atom stereocenters. The van der Waals surface area contributed by atoms with Gasteiger partial charge in [0.1, 0.15) is 22.7 Å². The maximum absolute atomic E-state index is 14.7. The van der Waals surface area contributed by atoms with Crippen molar-refractivity contribution in [3.05, 3.63) is 114 Å². The number of benzene rings is 5. The highest BCUT2D eigenvalue weighted by atomic mass is 32.1. The van der Waals surface area contributed by atoms with Crippen LogP contribution in [0.2, 0.25) is 0 Å². The fraction of sp³-hybridized carbons (Fsp3) is 0. The monoisotopic (exact) mass is 526 g/mol. The van der Waals surface area contributed by atoms with Gasteiger partial charge in [-0.25, -0.2) is 13.8 Å². The van der Waals surface area contributed by atoms with E-state index in [4.69, 9.17) is 14.6 Å². The van der Waals surface area contributed by atoms with Gasteiger partial charge in [-0.15, -0.1) is 0 Å². The number of pyridine rings is 1. The van der Waals surface area contributed by atoms with Crippen molar-refractivity contribution in [1.29, 1.82) is 5.26 Å². The Morgan fingerprint density at radius 1 is 0.667 bits per heavy atom. The number of hydrogen-bond donors (Lipinski definition) is 0. The topological polar surface area (TPSA) is 62.5 Å². The second-order valence-corrected chi connectivity index (χ2v) is 9.68. The summed E-state index contributed by atoms with van der Waals surface area (Å²) in [4.78, 5) is 5.04. The van der Waals surface area contributed by atoms with E-state index in [1.165, 1.54) is 0 Å². The standard InChI is InChI=1S/C32H16F2N4S/c33-25-14-18(17-35)15-26(34)28(25)20-12-10-19(11-13-20)23-16-24-29(32-31(23)37-39-38-32)22-8-4-5-9-27(22)36-30(24)21-6-2-1-3-7-21/h1-16H. The minimum atomic E-state index is -0.776. The molecule has 0 aliphatic heterocycles.